The van der Waals surface area contributed by atoms with E-state index in [1.807, 2.05) is 11.9 Å². The van der Waals surface area contributed by atoms with Crippen LogP contribution in [0.15, 0.2) is 38.7 Å². The number of hydrogen-bond donors (Lipinski definition) is 5. The molecule has 3 aliphatic heterocycles. The summed E-state index contributed by atoms with van der Waals surface area (Å²) in [5.41, 5.74) is 11.5. The van der Waals surface area contributed by atoms with Crippen LogP contribution in [-0.2, 0) is 24.0 Å². The topological polar surface area (TPSA) is 226 Å². The van der Waals surface area contributed by atoms with Crippen LogP contribution in [0.3, 0.4) is 0 Å². The lowest BCUT2D eigenvalue weighted by atomic mass is 10.0. The number of aliphatic carboxylic acids is 2. The molecule has 18 heteroatoms. The zero-order valence-electron chi connectivity index (χ0n) is 21.3. The Hall–Kier alpha value is -3.77. The van der Waals surface area contributed by atoms with Crippen LogP contribution < -0.4 is 16.8 Å². The van der Waals surface area contributed by atoms with Crippen LogP contribution in [0.4, 0.5) is 5.13 Å². The SMILES string of the molecule is CC[C@@H](O/N=C(\C(=O)NC1C(=O)N2C(C(=O)O)=C(CSC3=NC(N)=CCN3C)CS[C@@H]12)c1csc(N)n1)C(=O)O. The van der Waals surface area contributed by atoms with Gasteiger partial charge >= 0.3 is 11.9 Å². The molecule has 40 heavy (non-hydrogen) atoms. The number of fused-ring (bicyclic) bond motifs is 1. The average molecular weight is 611 g/mol. The van der Waals surface area contributed by atoms with Crippen molar-refractivity contribution in [2.45, 2.75) is 30.9 Å². The molecule has 4 rings (SSSR count). The van der Waals surface area contributed by atoms with Gasteiger partial charge in [0.25, 0.3) is 11.8 Å². The minimum atomic E-state index is -1.31. The number of β-lactam (4-membered cyclic amide) rings is 1. The molecule has 1 aromatic rings. The number of anilines is 1. The highest BCUT2D eigenvalue weighted by Gasteiger charge is 2.54. The van der Waals surface area contributed by atoms with E-state index in [4.69, 9.17) is 16.3 Å². The monoisotopic (exact) mass is 610 g/mol. The van der Waals surface area contributed by atoms with Gasteiger partial charge in [0.1, 0.15) is 28.6 Å². The predicted octanol–water partition coefficient (Wildman–Crippen LogP) is -0.117. The summed E-state index contributed by atoms with van der Waals surface area (Å²) in [6.07, 6.45) is 0.542. The van der Waals surface area contributed by atoms with Crippen LogP contribution in [0.1, 0.15) is 19.0 Å². The van der Waals surface area contributed by atoms with Crippen LogP contribution in [-0.4, -0.2) is 102 Å². The number of carboxylic acid groups (broad SMARTS) is 2. The van der Waals surface area contributed by atoms with Crippen molar-refractivity contribution >= 4 is 74.6 Å². The summed E-state index contributed by atoms with van der Waals surface area (Å²) in [5.74, 6) is -3.03. The van der Waals surface area contributed by atoms with Gasteiger partial charge in [-0.1, -0.05) is 23.8 Å². The average Bonchev–Trinajstić information content (AvgIpc) is 3.34. The minimum absolute atomic E-state index is 0.0386. The van der Waals surface area contributed by atoms with Crippen molar-refractivity contribution in [3.8, 4) is 0 Å². The molecule has 2 amide bonds. The Bertz CT molecular complexity index is 1360. The predicted molar refractivity (Wildman–Crippen MR) is 150 cm³/mol. The van der Waals surface area contributed by atoms with Gasteiger partial charge in [0.05, 0.1) is 0 Å². The van der Waals surface area contributed by atoms with Gasteiger partial charge in [-0.05, 0) is 18.1 Å². The van der Waals surface area contributed by atoms with Crippen molar-refractivity contribution in [2.75, 3.05) is 30.8 Å². The third kappa shape index (κ3) is 6.02. The molecule has 1 unspecified atom stereocenters. The molecule has 7 N–H and O–H groups in total. The number of nitrogens with two attached hydrogens (primary N) is 2. The van der Waals surface area contributed by atoms with E-state index >= 15 is 0 Å². The van der Waals surface area contributed by atoms with Gasteiger partial charge in [0, 0.05) is 30.5 Å². The number of carbonyl (C=O) groups is 4. The number of carboxylic acids is 2. The molecule has 1 fully saturated rings. The number of thiazole rings is 1. The number of nitrogen functional groups attached to an aromatic ring is 1. The van der Waals surface area contributed by atoms with Crippen molar-refractivity contribution in [3.05, 3.63) is 34.2 Å². The first-order valence-corrected chi connectivity index (χ1v) is 14.7. The lowest BCUT2D eigenvalue weighted by Crippen LogP contribution is -2.71. The molecule has 0 radical (unpaired) electrons. The molecule has 214 valence electrons. The van der Waals surface area contributed by atoms with Crippen LogP contribution in [0.25, 0.3) is 0 Å². The number of nitrogens with one attached hydrogen (secondary N) is 1. The van der Waals surface area contributed by atoms with E-state index in [-0.39, 0.29) is 34.4 Å². The molecule has 0 aliphatic carbocycles. The van der Waals surface area contributed by atoms with Crippen LogP contribution in [0.2, 0.25) is 0 Å². The molecular weight excluding hydrogens is 584 g/mol. The second-order valence-corrected chi connectivity index (χ2v) is 11.6. The fourth-order valence-electron chi connectivity index (χ4n) is 3.86. The zero-order chi connectivity index (χ0) is 29.1. The normalized spacial score (nSPS) is 21.6. The number of amidine groups is 1. The standard InChI is InChI=1S/C22H26N8O7S3/c1-3-11(19(33)34)37-28-13(10-8-39-21(24)25-10)16(31)27-14-17(32)30-15(20(35)36)9(6-38-18(14)30)7-40-22-26-12(23)4-5-29(22)2/h4,8,11,14,18H,3,5-7,23H2,1-2H3,(H2,24,25)(H,27,31)(H,33,34)(H,35,36)/b28-13-/t11-,14?,18+/m1/s1. The van der Waals surface area contributed by atoms with Crippen molar-refractivity contribution in [1.29, 1.82) is 0 Å². The third-order valence-electron chi connectivity index (χ3n) is 5.93. The van der Waals surface area contributed by atoms with Crippen LogP contribution in [0, 0.1) is 0 Å². The Labute approximate surface area is 240 Å². The number of oxime groups is 1. The van der Waals surface area contributed by atoms with Gasteiger partial charge in [-0.15, -0.1) is 23.1 Å². The maximum absolute atomic E-state index is 13.2. The number of hydrogen-bond acceptors (Lipinski definition) is 14. The number of aliphatic imine (C=N–C) groups is 1. The second kappa shape index (κ2) is 12.2. The van der Waals surface area contributed by atoms with E-state index in [0.29, 0.717) is 28.9 Å². The number of rotatable bonds is 10. The fourth-order valence-corrected chi connectivity index (χ4v) is 6.89. The molecule has 3 atom stereocenters. The highest BCUT2D eigenvalue weighted by atomic mass is 32.2. The number of carbonyl (C=O) groups excluding carboxylic acids is 2. The lowest BCUT2D eigenvalue weighted by molar-refractivity contribution is -0.151. The van der Waals surface area contributed by atoms with E-state index in [9.17, 15) is 29.4 Å². The first-order valence-electron chi connectivity index (χ1n) is 11.8. The molecule has 3 aliphatic rings. The fraction of sp³-hybridized carbons (Fsp3) is 0.409. The van der Waals surface area contributed by atoms with E-state index < -0.39 is 41.3 Å². The summed E-state index contributed by atoms with van der Waals surface area (Å²) in [4.78, 5) is 66.2. The number of nitrogens with zero attached hydrogens (tertiary/aromatic N) is 5. The molecule has 0 bridgehead atoms. The Balaban J connectivity index is 1.50. The van der Waals surface area contributed by atoms with Gasteiger partial charge < -0.3 is 36.7 Å². The maximum atomic E-state index is 13.2. The molecule has 1 saturated heterocycles. The van der Waals surface area contributed by atoms with Gasteiger partial charge in [-0.25, -0.2) is 19.6 Å². The van der Waals surface area contributed by atoms with E-state index in [1.54, 1.807) is 13.0 Å². The zero-order valence-corrected chi connectivity index (χ0v) is 23.7. The van der Waals surface area contributed by atoms with Crippen molar-refractivity contribution in [3.63, 3.8) is 0 Å². The molecule has 1 aromatic heterocycles. The van der Waals surface area contributed by atoms with E-state index in [1.165, 1.54) is 28.9 Å². The first kappa shape index (κ1) is 29.2. The third-order valence-corrected chi connectivity index (χ3v) is 9.10. The molecule has 0 spiro atoms. The van der Waals surface area contributed by atoms with Gasteiger partial charge in [0.15, 0.2) is 16.0 Å². The Morgan fingerprint density at radius 1 is 1.35 bits per heavy atom. The van der Waals surface area contributed by atoms with Crippen molar-refractivity contribution < 1.29 is 34.2 Å². The number of thioether (sulfide) groups is 2. The summed E-state index contributed by atoms with van der Waals surface area (Å²) in [6, 6.07) is -1.05. The van der Waals surface area contributed by atoms with Crippen molar-refractivity contribution in [2.24, 2.45) is 15.9 Å². The second-order valence-electron chi connectivity index (χ2n) is 8.66. The molecule has 0 aromatic carbocycles. The first-order chi connectivity index (χ1) is 19.0. The number of aromatic nitrogens is 1. The Morgan fingerprint density at radius 3 is 2.73 bits per heavy atom. The summed E-state index contributed by atoms with van der Waals surface area (Å²) < 4.78 is 0. The summed E-state index contributed by atoms with van der Waals surface area (Å²) in [6.45, 7) is 2.15. The summed E-state index contributed by atoms with van der Waals surface area (Å²) in [7, 11) is 1.84. The van der Waals surface area contributed by atoms with Gasteiger partial charge in [-0.2, -0.15) is 0 Å². The number of likely N-dealkylation sites (N-methyl/N-ethyl adjacent to an activating group) is 1. The minimum Gasteiger partial charge on any atom is -0.478 e. The Morgan fingerprint density at radius 2 is 2.10 bits per heavy atom. The summed E-state index contributed by atoms with van der Waals surface area (Å²) in [5, 5.41) is 27.0. The van der Waals surface area contributed by atoms with E-state index in [2.05, 4.69) is 20.4 Å². The summed E-state index contributed by atoms with van der Waals surface area (Å²) >= 11 is 3.66. The van der Waals surface area contributed by atoms with Gasteiger partial charge in [0.2, 0.25) is 6.10 Å². The molecule has 0 saturated carbocycles. The highest BCUT2D eigenvalue weighted by molar-refractivity contribution is 8.14. The Kier molecular flexibility index (Phi) is 8.89. The molecule has 4 heterocycles. The largest absolute Gasteiger partial charge is 0.478 e. The van der Waals surface area contributed by atoms with Gasteiger partial charge in [-0.3, -0.25) is 14.5 Å². The molecular formula is C22H26N8O7S3. The highest BCUT2D eigenvalue weighted by Crippen LogP contribution is 2.41. The van der Waals surface area contributed by atoms with Crippen LogP contribution in [0.5, 0.6) is 0 Å². The number of amides is 2. The smallest absolute Gasteiger partial charge is 0.352 e. The molecule has 15 nitrogen and oxygen atoms in total. The lowest BCUT2D eigenvalue weighted by Gasteiger charge is -2.49. The van der Waals surface area contributed by atoms with E-state index in [0.717, 1.165) is 16.2 Å². The quantitative estimate of drug-likeness (QED) is 0.132. The van der Waals surface area contributed by atoms with Crippen LogP contribution >= 0.6 is 34.9 Å². The van der Waals surface area contributed by atoms with Crippen molar-refractivity contribution in [1.82, 2.24) is 20.1 Å². The maximum Gasteiger partial charge on any atom is 0.352 e.